The Balaban J connectivity index is 2.67. The zero-order valence-corrected chi connectivity index (χ0v) is 10.2. The Hall–Kier alpha value is -1.78. The number of carbonyl (C=O) groups excluding carboxylic acids is 2. The van der Waals surface area contributed by atoms with Crippen LogP contribution in [0.25, 0.3) is 0 Å². The minimum absolute atomic E-state index is 0.132. The van der Waals surface area contributed by atoms with Crippen molar-refractivity contribution in [2.45, 2.75) is 32.2 Å². The van der Waals surface area contributed by atoms with Gasteiger partial charge in [-0.15, -0.1) is 0 Å². The molecule has 0 spiro atoms. The number of ether oxygens (including phenoxy) is 1. The molecule has 0 aromatic heterocycles. The zero-order chi connectivity index (χ0) is 12.9. The molecule has 5 heteroatoms. The summed E-state index contributed by atoms with van der Waals surface area (Å²) in [6.45, 7) is 3.07. The Morgan fingerprint density at radius 1 is 1.53 bits per heavy atom. The van der Waals surface area contributed by atoms with Gasteiger partial charge in [-0.05, 0) is 6.08 Å². The highest BCUT2D eigenvalue weighted by molar-refractivity contribution is 5.74. The van der Waals surface area contributed by atoms with Crippen molar-refractivity contribution < 1.29 is 14.3 Å². The molecule has 1 rings (SSSR count). The van der Waals surface area contributed by atoms with E-state index in [4.69, 9.17) is 10.5 Å². The number of hydrogen-bond acceptors (Lipinski definition) is 4. The van der Waals surface area contributed by atoms with Crippen LogP contribution in [0.5, 0.6) is 0 Å². The van der Waals surface area contributed by atoms with Gasteiger partial charge in [0.05, 0.1) is 12.1 Å². The highest BCUT2D eigenvalue weighted by Crippen LogP contribution is 2.24. The smallest absolute Gasteiger partial charge is 0.302 e. The number of allylic oxidation sites excluding steroid dienone is 2. The summed E-state index contributed by atoms with van der Waals surface area (Å²) in [6.07, 6.45) is 6.53. The molecule has 5 nitrogen and oxygen atoms in total. The number of nitrogens with one attached hydrogen (secondary N) is 1. The molecular formula is C12H18N2O3. The quantitative estimate of drug-likeness (QED) is 0.703. The molecule has 0 bridgehead atoms. The lowest BCUT2D eigenvalue weighted by Crippen LogP contribution is -2.48. The predicted molar refractivity (Wildman–Crippen MR) is 63.8 cm³/mol. The Bertz CT molecular complexity index is 370. The molecule has 1 unspecified atom stereocenters. The van der Waals surface area contributed by atoms with Gasteiger partial charge in [0.15, 0.2) is 0 Å². The third kappa shape index (κ3) is 4.30. The maximum Gasteiger partial charge on any atom is 0.302 e. The normalized spacial score (nSPS) is 22.8. The fourth-order valence-corrected chi connectivity index (χ4v) is 1.89. The predicted octanol–water partition coefficient (Wildman–Crippen LogP) is 0.617. The molecule has 0 aromatic carbocycles. The summed E-state index contributed by atoms with van der Waals surface area (Å²) < 4.78 is 4.90. The van der Waals surface area contributed by atoms with Gasteiger partial charge in [-0.2, -0.15) is 0 Å². The molecule has 17 heavy (non-hydrogen) atoms. The molecule has 0 radical (unpaired) electrons. The Kier molecular flexibility index (Phi) is 4.31. The van der Waals surface area contributed by atoms with Crippen LogP contribution in [0.15, 0.2) is 23.9 Å². The molecule has 1 atom stereocenters. The first-order valence-corrected chi connectivity index (χ1v) is 5.49. The van der Waals surface area contributed by atoms with E-state index in [0.29, 0.717) is 18.5 Å². The minimum atomic E-state index is -0.542. The molecule has 0 fully saturated rings. The average Bonchev–Trinajstić information content (AvgIpc) is 2.15. The zero-order valence-electron chi connectivity index (χ0n) is 10.2. The van der Waals surface area contributed by atoms with E-state index in [1.54, 1.807) is 6.08 Å². The standard InChI is InChI=1S/C12H18N2O3/c1-9(15)14-12(6-7-17-10(2)16)5-3-4-11(13)8-12/h3-5H,6-8,13H2,1-2H3,(H,14,15). The first-order chi connectivity index (χ1) is 7.93. The van der Waals surface area contributed by atoms with Gasteiger partial charge >= 0.3 is 5.97 Å². The summed E-state index contributed by atoms with van der Waals surface area (Å²) in [5.74, 6) is -0.460. The molecule has 0 aliphatic heterocycles. The molecule has 0 saturated heterocycles. The summed E-state index contributed by atoms with van der Waals surface area (Å²) in [6, 6.07) is 0. The fraction of sp³-hybridized carbons (Fsp3) is 0.500. The van der Waals surface area contributed by atoms with Crippen LogP contribution >= 0.6 is 0 Å². The van der Waals surface area contributed by atoms with Gasteiger partial charge < -0.3 is 15.8 Å². The minimum Gasteiger partial charge on any atom is -0.466 e. The van der Waals surface area contributed by atoms with E-state index in [0.717, 1.165) is 0 Å². The number of carbonyl (C=O) groups is 2. The van der Waals surface area contributed by atoms with E-state index in [9.17, 15) is 9.59 Å². The molecular weight excluding hydrogens is 220 g/mol. The van der Waals surface area contributed by atoms with E-state index in [-0.39, 0.29) is 18.5 Å². The Labute approximate surface area is 101 Å². The van der Waals surface area contributed by atoms with Crippen LogP contribution in [0.2, 0.25) is 0 Å². The summed E-state index contributed by atoms with van der Waals surface area (Å²) >= 11 is 0. The largest absolute Gasteiger partial charge is 0.466 e. The molecule has 1 aliphatic carbocycles. The number of rotatable bonds is 4. The monoisotopic (exact) mass is 238 g/mol. The van der Waals surface area contributed by atoms with E-state index in [1.165, 1.54) is 13.8 Å². The van der Waals surface area contributed by atoms with Crippen molar-refractivity contribution >= 4 is 11.9 Å². The highest BCUT2D eigenvalue weighted by Gasteiger charge is 2.30. The van der Waals surface area contributed by atoms with Crippen molar-refractivity contribution in [1.82, 2.24) is 5.32 Å². The van der Waals surface area contributed by atoms with Gasteiger partial charge in [0.1, 0.15) is 0 Å². The maximum atomic E-state index is 11.2. The number of amides is 1. The molecule has 3 N–H and O–H groups in total. The number of esters is 1. The van der Waals surface area contributed by atoms with Crippen molar-refractivity contribution in [2.75, 3.05) is 6.61 Å². The lowest BCUT2D eigenvalue weighted by Gasteiger charge is -2.33. The van der Waals surface area contributed by atoms with Crippen LogP contribution < -0.4 is 11.1 Å². The first kappa shape index (κ1) is 13.3. The summed E-state index contributed by atoms with van der Waals surface area (Å²) in [7, 11) is 0. The molecule has 0 saturated carbocycles. The van der Waals surface area contributed by atoms with Crippen LogP contribution in [0.1, 0.15) is 26.7 Å². The van der Waals surface area contributed by atoms with Gasteiger partial charge in [-0.3, -0.25) is 9.59 Å². The molecule has 0 heterocycles. The SMILES string of the molecule is CC(=O)NC1(CCOC(C)=O)C=CC=C(N)C1. The molecule has 1 amide bonds. The van der Waals surface area contributed by atoms with E-state index in [2.05, 4.69) is 5.32 Å². The third-order valence-corrected chi connectivity index (χ3v) is 2.52. The molecule has 94 valence electrons. The Morgan fingerprint density at radius 2 is 2.24 bits per heavy atom. The topological polar surface area (TPSA) is 81.4 Å². The highest BCUT2D eigenvalue weighted by atomic mass is 16.5. The average molecular weight is 238 g/mol. The number of nitrogens with two attached hydrogens (primary N) is 1. The van der Waals surface area contributed by atoms with E-state index >= 15 is 0 Å². The lowest BCUT2D eigenvalue weighted by atomic mass is 9.86. The van der Waals surface area contributed by atoms with Crippen molar-refractivity contribution in [3.8, 4) is 0 Å². The summed E-state index contributed by atoms with van der Waals surface area (Å²) in [5.41, 5.74) is 5.93. The van der Waals surface area contributed by atoms with Crippen LogP contribution in [0, 0.1) is 0 Å². The van der Waals surface area contributed by atoms with Gasteiger partial charge in [0.2, 0.25) is 5.91 Å². The van der Waals surface area contributed by atoms with Crippen LogP contribution in [0.4, 0.5) is 0 Å². The Morgan fingerprint density at radius 3 is 2.76 bits per heavy atom. The second-order valence-corrected chi connectivity index (χ2v) is 4.20. The van der Waals surface area contributed by atoms with Crippen molar-refractivity contribution in [3.63, 3.8) is 0 Å². The fourth-order valence-electron chi connectivity index (χ4n) is 1.89. The van der Waals surface area contributed by atoms with Crippen molar-refractivity contribution in [1.29, 1.82) is 0 Å². The summed E-state index contributed by atoms with van der Waals surface area (Å²) in [4.78, 5) is 21.9. The molecule has 1 aliphatic rings. The van der Waals surface area contributed by atoms with E-state index < -0.39 is 5.54 Å². The van der Waals surface area contributed by atoms with Gasteiger partial charge in [-0.1, -0.05) is 12.2 Å². The van der Waals surface area contributed by atoms with Gasteiger partial charge in [0.25, 0.3) is 0 Å². The summed E-state index contributed by atoms with van der Waals surface area (Å²) in [5, 5.41) is 2.86. The second kappa shape index (κ2) is 5.52. The van der Waals surface area contributed by atoms with Gasteiger partial charge in [0, 0.05) is 32.4 Å². The second-order valence-electron chi connectivity index (χ2n) is 4.20. The number of hydrogen-bond donors (Lipinski definition) is 2. The first-order valence-electron chi connectivity index (χ1n) is 5.49. The van der Waals surface area contributed by atoms with Crippen LogP contribution in [-0.4, -0.2) is 24.0 Å². The van der Waals surface area contributed by atoms with Crippen LogP contribution in [0.3, 0.4) is 0 Å². The van der Waals surface area contributed by atoms with Crippen molar-refractivity contribution in [3.05, 3.63) is 23.9 Å². The van der Waals surface area contributed by atoms with Crippen molar-refractivity contribution in [2.24, 2.45) is 5.73 Å². The lowest BCUT2D eigenvalue weighted by molar-refractivity contribution is -0.141. The van der Waals surface area contributed by atoms with Crippen LogP contribution in [-0.2, 0) is 14.3 Å². The molecule has 0 aromatic rings. The maximum absolute atomic E-state index is 11.2. The third-order valence-electron chi connectivity index (χ3n) is 2.52. The van der Waals surface area contributed by atoms with Gasteiger partial charge in [-0.25, -0.2) is 0 Å². The van der Waals surface area contributed by atoms with E-state index in [1.807, 2.05) is 12.2 Å².